The largest absolute Gasteiger partial charge is 0.480 e. The zero-order valence-electron chi connectivity index (χ0n) is 10.2. The summed E-state index contributed by atoms with van der Waals surface area (Å²) in [4.78, 5) is 12.7. The number of nitrogens with two attached hydrogens (primary N) is 1. The van der Waals surface area contributed by atoms with Gasteiger partial charge in [-0.2, -0.15) is 0 Å². The molecule has 17 heavy (non-hydrogen) atoms. The van der Waals surface area contributed by atoms with Crippen molar-refractivity contribution >= 4 is 15.8 Å². The van der Waals surface area contributed by atoms with E-state index in [0.717, 1.165) is 0 Å². The van der Waals surface area contributed by atoms with Crippen molar-refractivity contribution in [2.75, 3.05) is 25.4 Å². The summed E-state index contributed by atoms with van der Waals surface area (Å²) in [7, 11) is -3.07. The molecule has 0 aliphatic carbocycles. The highest BCUT2D eigenvalue weighted by Gasteiger charge is 2.41. The van der Waals surface area contributed by atoms with Gasteiger partial charge in [0.05, 0.1) is 11.0 Å². The Morgan fingerprint density at radius 1 is 1.53 bits per heavy atom. The molecule has 0 aromatic rings. The molecule has 0 aromatic carbocycles. The lowest BCUT2D eigenvalue weighted by Crippen LogP contribution is -2.50. The van der Waals surface area contributed by atoms with Crippen LogP contribution in [0.2, 0.25) is 0 Å². The predicted octanol–water partition coefficient (Wildman–Crippen LogP) is -0.703. The number of nitrogens with zero attached hydrogens (tertiary/aromatic N) is 1. The molecule has 1 fully saturated rings. The predicted molar refractivity (Wildman–Crippen MR) is 64.5 cm³/mol. The van der Waals surface area contributed by atoms with E-state index in [1.165, 1.54) is 0 Å². The summed E-state index contributed by atoms with van der Waals surface area (Å²) in [6.07, 6.45) is 0.365. The van der Waals surface area contributed by atoms with E-state index in [2.05, 4.69) is 0 Å². The van der Waals surface area contributed by atoms with Crippen LogP contribution in [0.15, 0.2) is 0 Å². The molecule has 1 rings (SSSR count). The molecule has 0 spiro atoms. The van der Waals surface area contributed by atoms with Crippen molar-refractivity contribution < 1.29 is 18.3 Å². The van der Waals surface area contributed by atoms with Gasteiger partial charge in [0.25, 0.3) is 0 Å². The second kappa shape index (κ2) is 4.91. The molecule has 0 radical (unpaired) electrons. The van der Waals surface area contributed by atoms with Crippen LogP contribution < -0.4 is 5.73 Å². The summed E-state index contributed by atoms with van der Waals surface area (Å²) in [6.45, 7) is 4.40. The smallest absolute Gasteiger partial charge is 0.325 e. The molecular formula is C10H20N2O4S. The van der Waals surface area contributed by atoms with E-state index in [9.17, 15) is 13.2 Å². The standard InChI is InChI=1S/C10H20N2O4S/c1-8(2)17(15,16)6-5-12-4-3-10(11,7-12)9(13)14/h8H,3-7,11H2,1-2H3,(H,13,14). The van der Waals surface area contributed by atoms with Gasteiger partial charge in [-0.1, -0.05) is 0 Å². The van der Waals surface area contributed by atoms with Gasteiger partial charge in [0.1, 0.15) is 5.54 Å². The minimum atomic E-state index is -3.07. The SMILES string of the molecule is CC(C)S(=O)(=O)CCN1CCC(N)(C(=O)O)C1. The van der Waals surface area contributed by atoms with Crippen molar-refractivity contribution in [3.63, 3.8) is 0 Å². The normalized spacial score (nSPS) is 26.6. The number of sulfone groups is 1. The van der Waals surface area contributed by atoms with Crippen molar-refractivity contribution in [3.8, 4) is 0 Å². The van der Waals surface area contributed by atoms with Crippen LogP contribution in [0, 0.1) is 0 Å². The molecule has 1 heterocycles. The molecule has 0 saturated carbocycles. The minimum absolute atomic E-state index is 0.0559. The zero-order valence-corrected chi connectivity index (χ0v) is 11.0. The van der Waals surface area contributed by atoms with Crippen LogP contribution >= 0.6 is 0 Å². The fraction of sp³-hybridized carbons (Fsp3) is 0.900. The maximum absolute atomic E-state index is 11.6. The maximum Gasteiger partial charge on any atom is 0.325 e. The Bertz CT molecular complexity index is 393. The number of rotatable bonds is 5. The number of carbonyl (C=O) groups is 1. The van der Waals surface area contributed by atoms with E-state index in [1.54, 1.807) is 18.7 Å². The quantitative estimate of drug-likeness (QED) is 0.681. The zero-order chi connectivity index (χ0) is 13.3. The first-order valence-corrected chi connectivity index (χ1v) is 7.35. The Balaban J connectivity index is 2.50. The summed E-state index contributed by atoms with van der Waals surface area (Å²) in [5.41, 5.74) is 4.48. The molecule has 0 amide bonds. The van der Waals surface area contributed by atoms with Crippen molar-refractivity contribution in [2.24, 2.45) is 5.73 Å². The van der Waals surface area contributed by atoms with E-state index in [-0.39, 0.29) is 12.3 Å². The van der Waals surface area contributed by atoms with E-state index < -0.39 is 26.6 Å². The van der Waals surface area contributed by atoms with Gasteiger partial charge in [0, 0.05) is 19.6 Å². The summed E-state index contributed by atoms with van der Waals surface area (Å²) >= 11 is 0. The van der Waals surface area contributed by atoms with E-state index in [1.807, 2.05) is 0 Å². The van der Waals surface area contributed by atoms with Gasteiger partial charge >= 0.3 is 5.97 Å². The molecule has 6 nitrogen and oxygen atoms in total. The first-order chi connectivity index (χ1) is 7.67. The van der Waals surface area contributed by atoms with E-state index >= 15 is 0 Å². The van der Waals surface area contributed by atoms with Crippen LogP contribution in [0.1, 0.15) is 20.3 Å². The third-order valence-corrected chi connectivity index (χ3v) is 5.40. The van der Waals surface area contributed by atoms with Gasteiger partial charge in [-0.3, -0.25) is 9.69 Å². The van der Waals surface area contributed by atoms with Gasteiger partial charge in [-0.25, -0.2) is 8.42 Å². The Hall–Kier alpha value is -0.660. The molecular weight excluding hydrogens is 244 g/mol. The van der Waals surface area contributed by atoms with Gasteiger partial charge in [-0.05, 0) is 20.3 Å². The van der Waals surface area contributed by atoms with Crippen LogP contribution in [0.3, 0.4) is 0 Å². The average molecular weight is 264 g/mol. The van der Waals surface area contributed by atoms with Crippen LogP contribution in [-0.4, -0.2) is 60.6 Å². The molecule has 0 bridgehead atoms. The second-order valence-corrected chi connectivity index (χ2v) is 7.58. The van der Waals surface area contributed by atoms with Crippen LogP contribution in [-0.2, 0) is 14.6 Å². The maximum atomic E-state index is 11.6. The van der Waals surface area contributed by atoms with E-state index in [4.69, 9.17) is 10.8 Å². The number of aliphatic carboxylic acids is 1. The van der Waals surface area contributed by atoms with Crippen LogP contribution in [0.5, 0.6) is 0 Å². The lowest BCUT2D eigenvalue weighted by molar-refractivity contribution is -0.142. The number of hydrogen-bond donors (Lipinski definition) is 2. The highest BCUT2D eigenvalue weighted by Crippen LogP contribution is 2.19. The molecule has 3 N–H and O–H groups in total. The second-order valence-electron chi connectivity index (χ2n) is 4.90. The number of carboxylic acids is 1. The summed E-state index contributed by atoms with van der Waals surface area (Å²) in [5.74, 6) is -0.966. The summed E-state index contributed by atoms with van der Waals surface area (Å²) in [6, 6.07) is 0. The summed E-state index contributed by atoms with van der Waals surface area (Å²) < 4.78 is 23.2. The molecule has 1 atom stereocenters. The third-order valence-electron chi connectivity index (χ3n) is 3.22. The summed E-state index contributed by atoms with van der Waals surface area (Å²) in [5, 5.41) is 8.54. The molecule has 1 aliphatic rings. The lowest BCUT2D eigenvalue weighted by atomic mass is 10.0. The first-order valence-electron chi connectivity index (χ1n) is 5.63. The monoisotopic (exact) mass is 264 g/mol. The first kappa shape index (κ1) is 14.4. The Kier molecular flexibility index (Phi) is 4.16. The highest BCUT2D eigenvalue weighted by molar-refractivity contribution is 7.92. The minimum Gasteiger partial charge on any atom is -0.480 e. The highest BCUT2D eigenvalue weighted by atomic mass is 32.2. The lowest BCUT2D eigenvalue weighted by Gasteiger charge is -2.20. The van der Waals surface area contributed by atoms with Crippen LogP contribution in [0.4, 0.5) is 0 Å². The van der Waals surface area contributed by atoms with Crippen molar-refractivity contribution in [2.45, 2.75) is 31.1 Å². The molecule has 1 unspecified atom stereocenters. The molecule has 1 saturated heterocycles. The molecule has 100 valence electrons. The van der Waals surface area contributed by atoms with Crippen molar-refractivity contribution in [1.82, 2.24) is 4.90 Å². The third kappa shape index (κ3) is 3.40. The molecule has 0 aromatic heterocycles. The Labute approximate surface area is 102 Å². The van der Waals surface area contributed by atoms with Gasteiger partial charge in [0.15, 0.2) is 9.84 Å². The Morgan fingerprint density at radius 3 is 2.53 bits per heavy atom. The molecule has 1 aliphatic heterocycles. The Morgan fingerprint density at radius 2 is 2.12 bits per heavy atom. The van der Waals surface area contributed by atoms with Crippen LogP contribution in [0.25, 0.3) is 0 Å². The fourth-order valence-electron chi connectivity index (χ4n) is 1.77. The number of carboxylic acid groups (broad SMARTS) is 1. The van der Waals surface area contributed by atoms with Crippen molar-refractivity contribution in [3.05, 3.63) is 0 Å². The average Bonchev–Trinajstić information content (AvgIpc) is 2.59. The number of hydrogen-bond acceptors (Lipinski definition) is 5. The molecule has 7 heteroatoms. The van der Waals surface area contributed by atoms with Gasteiger partial charge in [-0.15, -0.1) is 0 Å². The van der Waals surface area contributed by atoms with Gasteiger partial charge < -0.3 is 10.8 Å². The van der Waals surface area contributed by atoms with E-state index in [0.29, 0.717) is 19.5 Å². The fourth-order valence-corrected chi connectivity index (χ4v) is 2.76. The van der Waals surface area contributed by atoms with Crippen molar-refractivity contribution in [1.29, 1.82) is 0 Å². The van der Waals surface area contributed by atoms with Gasteiger partial charge in [0.2, 0.25) is 0 Å². The topological polar surface area (TPSA) is 101 Å². The number of likely N-dealkylation sites (tertiary alicyclic amines) is 1.